The monoisotopic (exact) mass is 485 g/mol. The molecule has 32 heavy (non-hydrogen) atoms. The lowest BCUT2D eigenvalue weighted by Crippen LogP contribution is -2.12. The largest absolute Gasteiger partial charge is 0.478 e. The Labute approximate surface area is 186 Å². The third-order valence-electron chi connectivity index (χ3n) is 4.14. The van der Waals surface area contributed by atoms with Crippen molar-refractivity contribution >= 4 is 39.4 Å². The van der Waals surface area contributed by atoms with Gasteiger partial charge >= 0.3 is 6.61 Å². The number of anilines is 1. The van der Waals surface area contributed by atoms with Crippen molar-refractivity contribution in [2.45, 2.75) is 11.5 Å². The molecule has 0 aliphatic rings. The van der Waals surface area contributed by atoms with Crippen molar-refractivity contribution in [2.75, 3.05) is 18.9 Å². The zero-order chi connectivity index (χ0) is 22.8. The number of halogens is 3. The molecule has 0 radical (unpaired) electrons. The fourth-order valence-electron chi connectivity index (χ4n) is 2.87. The molecule has 4 rings (SSSR count). The summed E-state index contributed by atoms with van der Waals surface area (Å²) in [5.74, 6) is -1.33. The summed E-state index contributed by atoms with van der Waals surface area (Å²) in [4.78, 5) is 12.5. The Balaban J connectivity index is 1.70. The molecule has 0 amide bonds. The van der Waals surface area contributed by atoms with E-state index in [1.54, 1.807) is 12.1 Å². The molecule has 4 aromatic rings. The summed E-state index contributed by atoms with van der Waals surface area (Å²) in [7, 11) is 0.530. The molecular weight excluding hydrogens is 472 g/mol. The normalized spacial score (nSPS) is 12.2. The number of hydrogen-bond donors (Lipinski definition) is 2. The fraction of sp³-hybridized carbons (Fsp3) is 0.176. The number of hydrogen-bond acceptors (Lipinski definition) is 8. The standard InChI is InChI=1S/C17H14ClF2N7O4S/c1-29-14-13(31-16(19)20)15(30-2)25-17(24-14)26-32(28)10-7-21-11-8(10)3-4-9(18)12(11)27-22-5-6-23-27/h3-7,16,21H,1-2H3,(H,24,25,26). The molecule has 0 spiro atoms. The van der Waals surface area contributed by atoms with E-state index in [1.165, 1.54) is 37.6 Å². The topological polar surface area (TPSA) is 129 Å². The molecule has 0 fully saturated rings. The first-order valence-electron chi connectivity index (χ1n) is 8.72. The van der Waals surface area contributed by atoms with E-state index in [4.69, 9.17) is 21.1 Å². The van der Waals surface area contributed by atoms with Gasteiger partial charge in [0.05, 0.1) is 42.0 Å². The highest BCUT2D eigenvalue weighted by Crippen LogP contribution is 2.37. The number of aromatic nitrogens is 6. The van der Waals surface area contributed by atoms with Crippen LogP contribution in [0, 0.1) is 0 Å². The average Bonchev–Trinajstić information content (AvgIpc) is 3.44. The van der Waals surface area contributed by atoms with Gasteiger partial charge in [0.1, 0.15) is 5.69 Å². The zero-order valence-corrected chi connectivity index (χ0v) is 17.9. The third-order valence-corrected chi connectivity index (χ3v) is 5.55. The number of nitrogens with one attached hydrogen (secondary N) is 2. The summed E-state index contributed by atoms with van der Waals surface area (Å²) < 4.78 is 55.3. The molecule has 1 aromatic carbocycles. The Bertz CT molecular complexity index is 1260. The van der Waals surface area contributed by atoms with Crippen LogP contribution in [0.2, 0.25) is 5.02 Å². The predicted octanol–water partition coefficient (Wildman–Crippen LogP) is 2.95. The maximum atomic E-state index is 13.0. The lowest BCUT2D eigenvalue weighted by Gasteiger charge is -2.13. The molecule has 2 N–H and O–H groups in total. The number of methoxy groups -OCH3 is 2. The second-order valence-corrected chi connectivity index (χ2v) is 7.52. The number of nitrogens with zero attached hydrogens (tertiary/aromatic N) is 5. The minimum atomic E-state index is -3.15. The first kappa shape index (κ1) is 21.7. The van der Waals surface area contributed by atoms with Crippen LogP contribution in [0.5, 0.6) is 17.5 Å². The Kier molecular flexibility index (Phi) is 6.05. The maximum Gasteiger partial charge on any atom is 0.387 e. The number of ether oxygens (including phenoxy) is 3. The van der Waals surface area contributed by atoms with Crippen LogP contribution >= 0.6 is 11.6 Å². The molecule has 11 nitrogen and oxygen atoms in total. The van der Waals surface area contributed by atoms with Gasteiger partial charge < -0.3 is 19.2 Å². The smallest absolute Gasteiger partial charge is 0.387 e. The van der Waals surface area contributed by atoms with Crippen LogP contribution in [0.15, 0.2) is 35.6 Å². The number of H-pyrrole nitrogens is 1. The zero-order valence-electron chi connectivity index (χ0n) is 16.4. The summed E-state index contributed by atoms with van der Waals surface area (Å²) in [6, 6.07) is 3.30. The quantitative estimate of drug-likeness (QED) is 0.389. The first-order valence-corrected chi connectivity index (χ1v) is 10.2. The second kappa shape index (κ2) is 8.92. The minimum absolute atomic E-state index is 0.198. The second-order valence-electron chi connectivity index (χ2n) is 5.93. The predicted molar refractivity (Wildman–Crippen MR) is 110 cm³/mol. The van der Waals surface area contributed by atoms with Gasteiger partial charge in [-0.15, -0.1) is 4.80 Å². The molecule has 15 heteroatoms. The molecule has 168 valence electrons. The Morgan fingerprint density at radius 2 is 1.81 bits per heavy atom. The van der Waals surface area contributed by atoms with E-state index in [0.717, 1.165) is 0 Å². The van der Waals surface area contributed by atoms with E-state index in [1.807, 2.05) is 0 Å². The van der Waals surface area contributed by atoms with Gasteiger partial charge in [0, 0.05) is 11.6 Å². The SMILES string of the molecule is COc1nc(NS(=O)c2c[nH]c3c(-n4nccn4)c(Cl)ccc23)nc(OC)c1OC(F)F. The summed E-state index contributed by atoms with van der Waals surface area (Å²) in [6.45, 7) is -3.15. The van der Waals surface area contributed by atoms with Gasteiger partial charge in [-0.25, -0.2) is 4.21 Å². The van der Waals surface area contributed by atoms with Gasteiger partial charge in [-0.3, -0.25) is 4.72 Å². The van der Waals surface area contributed by atoms with Crippen molar-refractivity contribution in [2.24, 2.45) is 0 Å². The van der Waals surface area contributed by atoms with Gasteiger partial charge in [0.2, 0.25) is 11.7 Å². The van der Waals surface area contributed by atoms with E-state index in [9.17, 15) is 13.0 Å². The van der Waals surface area contributed by atoms with Gasteiger partial charge in [-0.2, -0.15) is 28.9 Å². The summed E-state index contributed by atoms with van der Waals surface area (Å²) >= 11 is 6.31. The van der Waals surface area contributed by atoms with Crippen LogP contribution < -0.4 is 18.9 Å². The van der Waals surface area contributed by atoms with E-state index in [2.05, 4.69) is 34.6 Å². The number of rotatable bonds is 8. The minimum Gasteiger partial charge on any atom is -0.478 e. The Hall–Kier alpha value is -3.52. The van der Waals surface area contributed by atoms with Gasteiger partial charge in [0.15, 0.2) is 11.0 Å². The number of alkyl halides is 2. The van der Waals surface area contributed by atoms with Crippen LogP contribution in [0.25, 0.3) is 16.6 Å². The molecular formula is C17H14ClF2N7O4S. The van der Waals surface area contributed by atoms with Crippen molar-refractivity contribution in [3.05, 3.63) is 35.7 Å². The van der Waals surface area contributed by atoms with Crippen LogP contribution in [0.1, 0.15) is 0 Å². The van der Waals surface area contributed by atoms with Crippen LogP contribution in [0.4, 0.5) is 14.7 Å². The molecule has 0 saturated heterocycles. The van der Waals surface area contributed by atoms with Crippen molar-refractivity contribution < 1.29 is 27.2 Å². The Morgan fingerprint density at radius 3 is 2.41 bits per heavy atom. The third kappa shape index (κ3) is 4.01. The van der Waals surface area contributed by atoms with Crippen LogP contribution in [-0.2, 0) is 11.0 Å². The van der Waals surface area contributed by atoms with Crippen LogP contribution in [0.3, 0.4) is 0 Å². The summed E-state index contributed by atoms with van der Waals surface area (Å²) in [5, 5.41) is 9.12. The average molecular weight is 486 g/mol. The van der Waals surface area contributed by atoms with Gasteiger partial charge in [-0.1, -0.05) is 11.6 Å². The highest BCUT2D eigenvalue weighted by molar-refractivity contribution is 7.86. The van der Waals surface area contributed by atoms with Crippen molar-refractivity contribution in [3.63, 3.8) is 0 Å². The fourth-order valence-corrected chi connectivity index (χ4v) is 4.01. The highest BCUT2D eigenvalue weighted by atomic mass is 35.5. The first-order chi connectivity index (χ1) is 15.4. The van der Waals surface area contributed by atoms with Gasteiger partial charge in [-0.05, 0) is 12.1 Å². The number of aromatic amines is 1. The highest BCUT2D eigenvalue weighted by Gasteiger charge is 2.23. The molecule has 3 heterocycles. The lowest BCUT2D eigenvalue weighted by atomic mass is 10.2. The van der Waals surface area contributed by atoms with E-state index in [-0.39, 0.29) is 17.7 Å². The molecule has 0 aliphatic carbocycles. The number of benzene rings is 1. The molecule has 0 saturated carbocycles. The van der Waals surface area contributed by atoms with Gasteiger partial charge in [0.25, 0.3) is 11.8 Å². The van der Waals surface area contributed by atoms with E-state index in [0.29, 0.717) is 26.5 Å². The van der Waals surface area contributed by atoms with Crippen molar-refractivity contribution in [1.82, 2.24) is 29.9 Å². The molecule has 0 bridgehead atoms. The van der Waals surface area contributed by atoms with Crippen molar-refractivity contribution in [1.29, 1.82) is 0 Å². The summed E-state index contributed by atoms with van der Waals surface area (Å²) in [6.07, 6.45) is 4.51. The molecule has 1 atom stereocenters. The maximum absolute atomic E-state index is 13.0. The molecule has 0 aliphatic heterocycles. The van der Waals surface area contributed by atoms with Crippen molar-refractivity contribution in [3.8, 4) is 23.2 Å². The van der Waals surface area contributed by atoms with Crippen LogP contribution in [-0.4, -0.2) is 55.0 Å². The Morgan fingerprint density at radius 1 is 1.16 bits per heavy atom. The van der Waals surface area contributed by atoms with E-state index < -0.39 is 23.3 Å². The molecule has 3 aromatic heterocycles. The lowest BCUT2D eigenvalue weighted by molar-refractivity contribution is -0.0533. The molecule has 1 unspecified atom stereocenters. The summed E-state index contributed by atoms with van der Waals surface area (Å²) in [5.41, 5.74) is 1.03. The van der Waals surface area contributed by atoms with E-state index >= 15 is 0 Å². The number of fused-ring (bicyclic) bond motifs is 1.